The lowest BCUT2D eigenvalue weighted by atomic mass is 9.86. The molecule has 0 unspecified atom stereocenters. The molecule has 4 nitrogen and oxygen atoms in total. The van der Waals surface area contributed by atoms with Crippen molar-refractivity contribution in [2.45, 2.75) is 38.0 Å². The lowest BCUT2D eigenvalue weighted by molar-refractivity contribution is 0.483. The molecule has 0 aromatic heterocycles. The van der Waals surface area contributed by atoms with Gasteiger partial charge in [0.1, 0.15) is 10.6 Å². The third-order valence-electron chi connectivity index (χ3n) is 3.51. The van der Waals surface area contributed by atoms with Gasteiger partial charge in [0.2, 0.25) is 0 Å². The number of hydrogen-bond acceptors (Lipinski definition) is 4. The summed E-state index contributed by atoms with van der Waals surface area (Å²) in [4.78, 5) is 0.0239. The molecule has 5 heteroatoms. The van der Waals surface area contributed by atoms with Crippen molar-refractivity contribution in [3.63, 3.8) is 0 Å². The summed E-state index contributed by atoms with van der Waals surface area (Å²) in [6.45, 7) is 8.10. The van der Waals surface area contributed by atoms with Crippen LogP contribution in [0, 0.1) is 18.3 Å². The molecule has 0 bridgehead atoms. The van der Waals surface area contributed by atoms with E-state index in [1.54, 1.807) is 6.07 Å². The predicted octanol–water partition coefficient (Wildman–Crippen LogP) is 3.93. The van der Waals surface area contributed by atoms with Crippen molar-refractivity contribution in [1.82, 2.24) is 0 Å². The lowest BCUT2D eigenvalue weighted by Crippen LogP contribution is -2.13. The summed E-state index contributed by atoms with van der Waals surface area (Å²) in [5, 5.41) is 8.76. The maximum Gasteiger partial charge on any atom is 0.339 e. The van der Waals surface area contributed by atoms with E-state index in [-0.39, 0.29) is 10.3 Å². The van der Waals surface area contributed by atoms with Gasteiger partial charge in [-0.1, -0.05) is 32.9 Å². The van der Waals surface area contributed by atoms with Gasteiger partial charge in [-0.3, -0.25) is 0 Å². The Labute approximate surface area is 137 Å². The van der Waals surface area contributed by atoms with Gasteiger partial charge in [0.25, 0.3) is 0 Å². The Hall–Kier alpha value is -2.32. The van der Waals surface area contributed by atoms with Gasteiger partial charge in [0, 0.05) is 0 Å². The van der Waals surface area contributed by atoms with Gasteiger partial charge in [0.05, 0.1) is 11.6 Å². The highest BCUT2D eigenvalue weighted by Crippen LogP contribution is 2.29. The fourth-order valence-corrected chi connectivity index (χ4v) is 3.06. The summed E-state index contributed by atoms with van der Waals surface area (Å²) in [7, 11) is -3.92. The monoisotopic (exact) mass is 329 g/mol. The summed E-state index contributed by atoms with van der Waals surface area (Å²) in [5.74, 6) is 0.308. The van der Waals surface area contributed by atoms with Gasteiger partial charge in [-0.2, -0.15) is 13.7 Å². The lowest BCUT2D eigenvalue weighted by Gasteiger charge is -2.20. The first-order chi connectivity index (χ1) is 10.6. The van der Waals surface area contributed by atoms with Crippen molar-refractivity contribution in [3.05, 3.63) is 59.2 Å². The molecular formula is C18H19NO3S. The standard InChI is InChI=1S/C18H19NO3S/c1-13-11-15(18(2,3)4)7-10-17(13)22-23(20,21)16-8-5-14(12-19)6-9-16/h5-11H,1-4H3. The first-order valence-corrected chi connectivity index (χ1v) is 8.60. The van der Waals surface area contributed by atoms with Crippen molar-refractivity contribution in [3.8, 4) is 11.8 Å². The van der Waals surface area contributed by atoms with E-state index in [0.717, 1.165) is 11.1 Å². The van der Waals surface area contributed by atoms with E-state index in [1.165, 1.54) is 24.3 Å². The van der Waals surface area contributed by atoms with Crippen molar-refractivity contribution in [2.24, 2.45) is 0 Å². The summed E-state index contributed by atoms with van der Waals surface area (Å²) in [6, 6.07) is 13.1. The van der Waals surface area contributed by atoms with Crippen LogP contribution in [0.25, 0.3) is 0 Å². The Bertz CT molecular complexity index is 855. The Morgan fingerprint density at radius 1 is 1.04 bits per heavy atom. The number of nitrogens with zero attached hydrogens (tertiary/aromatic N) is 1. The minimum atomic E-state index is -3.92. The second kappa shape index (κ2) is 6.05. The molecule has 0 heterocycles. The van der Waals surface area contributed by atoms with Crippen LogP contribution >= 0.6 is 0 Å². The molecule has 0 saturated heterocycles. The highest BCUT2D eigenvalue weighted by Gasteiger charge is 2.20. The van der Waals surface area contributed by atoms with Crippen molar-refractivity contribution in [1.29, 1.82) is 5.26 Å². The van der Waals surface area contributed by atoms with Gasteiger partial charge >= 0.3 is 10.1 Å². The Balaban J connectivity index is 2.32. The van der Waals surface area contributed by atoms with Gasteiger partial charge in [-0.25, -0.2) is 0 Å². The number of hydrogen-bond donors (Lipinski definition) is 0. The maximum atomic E-state index is 12.3. The van der Waals surface area contributed by atoms with E-state index in [4.69, 9.17) is 9.44 Å². The molecule has 0 aliphatic heterocycles. The minimum Gasteiger partial charge on any atom is -0.379 e. The van der Waals surface area contributed by atoms with E-state index in [1.807, 2.05) is 25.1 Å². The molecule has 0 saturated carbocycles. The number of aryl methyl sites for hydroxylation is 1. The summed E-state index contributed by atoms with van der Waals surface area (Å²) in [5.41, 5.74) is 2.25. The van der Waals surface area contributed by atoms with E-state index in [9.17, 15) is 8.42 Å². The van der Waals surface area contributed by atoms with Crippen molar-refractivity contribution >= 4 is 10.1 Å². The first kappa shape index (κ1) is 17.0. The number of nitriles is 1. The van der Waals surface area contributed by atoms with Gasteiger partial charge in [-0.05, 0) is 53.8 Å². The van der Waals surface area contributed by atoms with E-state index in [2.05, 4.69) is 20.8 Å². The quantitative estimate of drug-likeness (QED) is 0.800. The molecule has 0 atom stereocenters. The van der Waals surface area contributed by atoms with Crippen LogP contribution < -0.4 is 4.18 Å². The highest BCUT2D eigenvalue weighted by atomic mass is 32.2. The molecule has 23 heavy (non-hydrogen) atoms. The average molecular weight is 329 g/mol. The SMILES string of the molecule is Cc1cc(C(C)(C)C)ccc1OS(=O)(=O)c1ccc(C#N)cc1. The average Bonchev–Trinajstić information content (AvgIpc) is 2.48. The van der Waals surface area contributed by atoms with Crippen molar-refractivity contribution < 1.29 is 12.6 Å². The normalized spacial score (nSPS) is 11.8. The van der Waals surface area contributed by atoms with Gasteiger partial charge < -0.3 is 4.18 Å². The molecule has 0 spiro atoms. The molecule has 0 fully saturated rings. The molecule has 0 radical (unpaired) electrons. The van der Waals surface area contributed by atoms with Crippen molar-refractivity contribution in [2.75, 3.05) is 0 Å². The second-order valence-corrected chi connectivity index (χ2v) is 7.95. The highest BCUT2D eigenvalue weighted by molar-refractivity contribution is 7.87. The van der Waals surface area contributed by atoms with Crippen LogP contribution in [-0.2, 0) is 15.5 Å². The van der Waals surface area contributed by atoms with Crippen LogP contribution in [0.4, 0.5) is 0 Å². The van der Waals surface area contributed by atoms with E-state index in [0.29, 0.717) is 11.3 Å². The molecule has 0 aliphatic rings. The van der Waals surface area contributed by atoms with Crippen LogP contribution in [-0.4, -0.2) is 8.42 Å². The van der Waals surface area contributed by atoms with Crippen LogP contribution in [0.5, 0.6) is 5.75 Å². The summed E-state index contributed by atoms with van der Waals surface area (Å²) < 4.78 is 29.9. The molecule has 0 aliphatic carbocycles. The zero-order valence-corrected chi connectivity index (χ0v) is 14.4. The molecule has 2 aromatic rings. The zero-order valence-electron chi connectivity index (χ0n) is 13.6. The molecule has 0 N–H and O–H groups in total. The molecule has 2 rings (SSSR count). The molecule has 0 amide bonds. The third kappa shape index (κ3) is 3.91. The molecule has 120 valence electrons. The number of benzene rings is 2. The Morgan fingerprint density at radius 2 is 1.65 bits per heavy atom. The van der Waals surface area contributed by atoms with Gasteiger partial charge in [-0.15, -0.1) is 0 Å². The molecular weight excluding hydrogens is 310 g/mol. The van der Waals surface area contributed by atoms with E-state index >= 15 is 0 Å². The summed E-state index contributed by atoms with van der Waals surface area (Å²) >= 11 is 0. The fraction of sp³-hybridized carbons (Fsp3) is 0.278. The van der Waals surface area contributed by atoms with Gasteiger partial charge in [0.15, 0.2) is 0 Å². The third-order valence-corrected chi connectivity index (χ3v) is 4.76. The maximum absolute atomic E-state index is 12.3. The first-order valence-electron chi connectivity index (χ1n) is 7.19. The fourth-order valence-electron chi connectivity index (χ4n) is 2.07. The van der Waals surface area contributed by atoms with E-state index < -0.39 is 10.1 Å². The predicted molar refractivity (Wildman–Crippen MR) is 88.8 cm³/mol. The summed E-state index contributed by atoms with van der Waals surface area (Å²) in [6.07, 6.45) is 0. The largest absolute Gasteiger partial charge is 0.379 e. The Morgan fingerprint density at radius 3 is 2.13 bits per heavy atom. The molecule has 2 aromatic carbocycles. The smallest absolute Gasteiger partial charge is 0.339 e. The Kier molecular flexibility index (Phi) is 4.49. The topological polar surface area (TPSA) is 67.2 Å². The minimum absolute atomic E-state index is 0.0186. The van der Waals surface area contributed by atoms with Crippen LogP contribution in [0.2, 0.25) is 0 Å². The number of rotatable bonds is 3. The zero-order chi connectivity index (χ0) is 17.3. The second-order valence-electron chi connectivity index (χ2n) is 6.40. The van der Waals surface area contributed by atoms with Crippen LogP contribution in [0.3, 0.4) is 0 Å². The van der Waals surface area contributed by atoms with Crippen LogP contribution in [0.15, 0.2) is 47.4 Å². The van der Waals surface area contributed by atoms with Crippen LogP contribution in [0.1, 0.15) is 37.5 Å².